The van der Waals surface area contributed by atoms with E-state index in [1.807, 2.05) is 12.1 Å². The van der Waals surface area contributed by atoms with Crippen molar-refractivity contribution in [3.8, 4) is 11.5 Å². The van der Waals surface area contributed by atoms with Gasteiger partial charge >= 0.3 is 0 Å². The van der Waals surface area contributed by atoms with Gasteiger partial charge in [0.15, 0.2) is 11.5 Å². The number of ether oxygens (including phenoxy) is 2. The Morgan fingerprint density at radius 1 is 1.08 bits per heavy atom. The molecule has 0 fully saturated rings. The molecule has 2 aromatic rings. The molecule has 0 amide bonds. The lowest BCUT2D eigenvalue weighted by molar-refractivity contribution is 0.354. The van der Waals surface area contributed by atoms with Gasteiger partial charge in [-0.05, 0) is 42.3 Å². The molecule has 2 rings (SSSR count). The van der Waals surface area contributed by atoms with E-state index in [9.17, 15) is 8.42 Å². The summed E-state index contributed by atoms with van der Waals surface area (Å²) in [6.45, 7) is 0.310. The maximum absolute atomic E-state index is 12.7. The topological polar surface area (TPSA) is 55.8 Å². The average molecular weight is 449 g/mol. The molecule has 0 heterocycles. The molecule has 0 atom stereocenters. The molecular weight excluding hydrogens is 430 g/mol. The van der Waals surface area contributed by atoms with E-state index in [4.69, 9.17) is 21.1 Å². The molecule has 0 unspecified atom stereocenters. The van der Waals surface area contributed by atoms with E-state index >= 15 is 0 Å². The van der Waals surface area contributed by atoms with Gasteiger partial charge in [0.1, 0.15) is 4.90 Å². The standard InChI is InChI=1S/C17H19BrClNO4S/c1-20(25(21,22)17-7-5-13(18)11-14(17)19)9-8-12-4-6-15(23-2)16(10-12)24-3/h4-7,10-11H,8-9H2,1-3H3. The van der Waals surface area contributed by atoms with Crippen LogP contribution in [0.1, 0.15) is 5.56 Å². The molecule has 0 aliphatic heterocycles. The fourth-order valence-electron chi connectivity index (χ4n) is 2.30. The smallest absolute Gasteiger partial charge is 0.244 e. The zero-order chi connectivity index (χ0) is 18.6. The molecule has 0 aliphatic carbocycles. The Bertz CT molecular complexity index is 858. The summed E-state index contributed by atoms with van der Waals surface area (Å²) in [5.74, 6) is 1.25. The van der Waals surface area contributed by atoms with E-state index in [2.05, 4.69) is 15.9 Å². The third kappa shape index (κ3) is 4.67. The molecule has 25 heavy (non-hydrogen) atoms. The number of rotatable bonds is 7. The van der Waals surface area contributed by atoms with Crippen LogP contribution in [-0.4, -0.2) is 40.5 Å². The first-order valence-electron chi connectivity index (χ1n) is 7.42. The van der Waals surface area contributed by atoms with Crippen LogP contribution >= 0.6 is 27.5 Å². The molecule has 2 aromatic carbocycles. The van der Waals surface area contributed by atoms with Gasteiger partial charge in [0, 0.05) is 18.1 Å². The fraction of sp³-hybridized carbons (Fsp3) is 0.294. The minimum absolute atomic E-state index is 0.0900. The van der Waals surface area contributed by atoms with E-state index in [0.717, 1.165) is 10.0 Å². The summed E-state index contributed by atoms with van der Waals surface area (Å²) in [6.07, 6.45) is 0.532. The van der Waals surface area contributed by atoms with E-state index in [-0.39, 0.29) is 9.92 Å². The van der Waals surface area contributed by atoms with Gasteiger partial charge in [-0.1, -0.05) is 33.6 Å². The fourth-order valence-corrected chi connectivity index (χ4v) is 4.47. The number of hydrogen-bond donors (Lipinski definition) is 0. The molecule has 136 valence electrons. The van der Waals surface area contributed by atoms with Gasteiger partial charge in [0.25, 0.3) is 0 Å². The van der Waals surface area contributed by atoms with Crippen LogP contribution in [0.5, 0.6) is 11.5 Å². The number of methoxy groups -OCH3 is 2. The number of sulfonamides is 1. The van der Waals surface area contributed by atoms with Crippen molar-refractivity contribution < 1.29 is 17.9 Å². The van der Waals surface area contributed by atoms with Crippen LogP contribution in [-0.2, 0) is 16.4 Å². The zero-order valence-corrected chi connectivity index (χ0v) is 17.3. The summed E-state index contributed by atoms with van der Waals surface area (Å²) in [4.78, 5) is 0.0900. The Balaban J connectivity index is 2.15. The SMILES string of the molecule is COc1ccc(CCN(C)S(=O)(=O)c2ccc(Br)cc2Cl)cc1OC. The van der Waals surface area contributed by atoms with Crippen LogP contribution in [0.3, 0.4) is 0 Å². The summed E-state index contributed by atoms with van der Waals surface area (Å²) in [5.41, 5.74) is 0.946. The highest BCUT2D eigenvalue weighted by Gasteiger charge is 2.23. The number of likely N-dealkylation sites (N-methyl/N-ethyl adjacent to an activating group) is 1. The average Bonchev–Trinajstić information content (AvgIpc) is 2.58. The molecule has 0 spiro atoms. The minimum Gasteiger partial charge on any atom is -0.493 e. The molecule has 0 bridgehead atoms. The van der Waals surface area contributed by atoms with Crippen LogP contribution in [0.2, 0.25) is 5.02 Å². The Morgan fingerprint density at radius 3 is 2.36 bits per heavy atom. The van der Waals surface area contributed by atoms with Gasteiger partial charge in [-0.15, -0.1) is 0 Å². The number of nitrogens with zero attached hydrogens (tertiary/aromatic N) is 1. The maximum atomic E-state index is 12.7. The van der Waals surface area contributed by atoms with Gasteiger partial charge in [0.05, 0.1) is 19.2 Å². The molecule has 0 saturated heterocycles. The van der Waals surface area contributed by atoms with Crippen molar-refractivity contribution >= 4 is 37.6 Å². The van der Waals surface area contributed by atoms with Crippen LogP contribution in [0, 0.1) is 0 Å². The van der Waals surface area contributed by atoms with E-state index in [1.54, 1.807) is 32.4 Å². The van der Waals surface area contributed by atoms with Crippen molar-refractivity contribution in [2.24, 2.45) is 0 Å². The summed E-state index contributed by atoms with van der Waals surface area (Å²) in [7, 11) is 1.01. The predicted octanol–water partition coefficient (Wildman–Crippen LogP) is 3.98. The van der Waals surface area contributed by atoms with Crippen LogP contribution in [0.25, 0.3) is 0 Å². The largest absolute Gasteiger partial charge is 0.493 e. The number of benzene rings is 2. The second-order valence-electron chi connectivity index (χ2n) is 5.34. The molecule has 0 aliphatic rings. The van der Waals surface area contributed by atoms with Crippen molar-refractivity contribution in [2.45, 2.75) is 11.3 Å². The van der Waals surface area contributed by atoms with Crippen molar-refractivity contribution in [3.05, 3.63) is 51.5 Å². The van der Waals surface area contributed by atoms with Crippen LogP contribution in [0.15, 0.2) is 45.8 Å². The lowest BCUT2D eigenvalue weighted by Crippen LogP contribution is -2.29. The van der Waals surface area contributed by atoms with Crippen molar-refractivity contribution in [1.82, 2.24) is 4.31 Å². The lowest BCUT2D eigenvalue weighted by Gasteiger charge is -2.18. The van der Waals surface area contributed by atoms with Gasteiger partial charge in [-0.25, -0.2) is 12.7 Å². The normalized spacial score (nSPS) is 11.6. The first-order valence-corrected chi connectivity index (χ1v) is 10.0. The molecule has 0 saturated carbocycles. The third-order valence-electron chi connectivity index (χ3n) is 3.75. The highest BCUT2D eigenvalue weighted by Crippen LogP contribution is 2.29. The monoisotopic (exact) mass is 447 g/mol. The van der Waals surface area contributed by atoms with Gasteiger partial charge in [0.2, 0.25) is 10.0 Å². The molecule has 5 nitrogen and oxygen atoms in total. The first-order chi connectivity index (χ1) is 11.8. The van der Waals surface area contributed by atoms with Gasteiger partial charge < -0.3 is 9.47 Å². The molecule has 0 N–H and O–H groups in total. The summed E-state index contributed by atoms with van der Waals surface area (Å²) in [5, 5.41) is 0.187. The predicted molar refractivity (Wildman–Crippen MR) is 102 cm³/mol. The number of hydrogen-bond acceptors (Lipinski definition) is 4. The Morgan fingerprint density at radius 2 is 1.76 bits per heavy atom. The van der Waals surface area contributed by atoms with Crippen LogP contribution < -0.4 is 9.47 Å². The maximum Gasteiger partial charge on any atom is 0.244 e. The summed E-state index contributed by atoms with van der Waals surface area (Å²) < 4.78 is 37.9. The lowest BCUT2D eigenvalue weighted by atomic mass is 10.1. The Hall–Kier alpha value is -1.28. The highest BCUT2D eigenvalue weighted by atomic mass is 79.9. The molecular formula is C17H19BrClNO4S. The van der Waals surface area contributed by atoms with Crippen molar-refractivity contribution in [2.75, 3.05) is 27.8 Å². The highest BCUT2D eigenvalue weighted by molar-refractivity contribution is 9.10. The first kappa shape index (κ1) is 20.0. The summed E-state index contributed by atoms with van der Waals surface area (Å²) in [6, 6.07) is 10.2. The van der Waals surface area contributed by atoms with E-state index in [0.29, 0.717) is 24.5 Å². The number of halogens is 2. The summed E-state index contributed by atoms with van der Waals surface area (Å²) >= 11 is 9.35. The van der Waals surface area contributed by atoms with Crippen molar-refractivity contribution in [3.63, 3.8) is 0 Å². The van der Waals surface area contributed by atoms with Gasteiger partial charge in [-0.3, -0.25) is 0 Å². The quantitative estimate of drug-likeness (QED) is 0.643. The molecule has 8 heteroatoms. The Labute approximate surface area is 161 Å². The van der Waals surface area contributed by atoms with E-state index in [1.165, 1.54) is 17.4 Å². The Kier molecular flexibility index (Phi) is 6.73. The van der Waals surface area contributed by atoms with Gasteiger partial charge in [-0.2, -0.15) is 0 Å². The third-order valence-corrected chi connectivity index (χ3v) is 6.58. The molecule has 0 aromatic heterocycles. The van der Waals surface area contributed by atoms with Crippen LogP contribution in [0.4, 0.5) is 0 Å². The zero-order valence-electron chi connectivity index (χ0n) is 14.1. The second kappa shape index (κ2) is 8.40. The minimum atomic E-state index is -3.66. The van der Waals surface area contributed by atoms with Crippen molar-refractivity contribution in [1.29, 1.82) is 0 Å². The second-order valence-corrected chi connectivity index (χ2v) is 8.68. The van der Waals surface area contributed by atoms with E-state index < -0.39 is 10.0 Å². The molecule has 0 radical (unpaired) electrons.